The second kappa shape index (κ2) is 11.1. The Morgan fingerprint density at radius 3 is 2.25 bits per heavy atom. The molecule has 0 unspecified atom stereocenters. The molecule has 0 spiro atoms. The largest absolute Gasteiger partial charge is 0.385 e. The number of methoxy groups -OCH3 is 1. The number of amides is 1. The van der Waals surface area contributed by atoms with Gasteiger partial charge in [-0.25, -0.2) is 0 Å². The van der Waals surface area contributed by atoms with Crippen molar-refractivity contribution in [2.24, 2.45) is 15.8 Å². The van der Waals surface area contributed by atoms with Crippen LogP contribution in [0.25, 0.3) is 0 Å². The molecular formula is C17H35IN4O2. The molecule has 0 atom stereocenters. The first-order valence-corrected chi connectivity index (χ1v) is 8.55. The van der Waals surface area contributed by atoms with Gasteiger partial charge in [0.05, 0.1) is 0 Å². The Kier molecular flexibility index (Phi) is 10.9. The van der Waals surface area contributed by atoms with E-state index in [0.29, 0.717) is 18.5 Å². The average molecular weight is 454 g/mol. The first-order chi connectivity index (χ1) is 10.8. The van der Waals surface area contributed by atoms with E-state index in [1.165, 1.54) is 19.3 Å². The first kappa shape index (κ1) is 23.4. The van der Waals surface area contributed by atoms with E-state index in [9.17, 15) is 4.79 Å². The van der Waals surface area contributed by atoms with E-state index in [-0.39, 0.29) is 35.3 Å². The van der Waals surface area contributed by atoms with Gasteiger partial charge in [-0.1, -0.05) is 27.2 Å². The van der Waals surface area contributed by atoms with Gasteiger partial charge in [-0.05, 0) is 24.7 Å². The van der Waals surface area contributed by atoms with Crippen molar-refractivity contribution in [2.45, 2.75) is 46.5 Å². The molecule has 3 N–H and O–H groups in total. The van der Waals surface area contributed by atoms with Crippen LogP contribution in [0.1, 0.15) is 46.5 Å². The third kappa shape index (κ3) is 8.00. The van der Waals surface area contributed by atoms with Crippen molar-refractivity contribution in [1.29, 1.82) is 0 Å². The van der Waals surface area contributed by atoms with Crippen LogP contribution in [-0.4, -0.2) is 52.3 Å². The highest BCUT2D eigenvalue weighted by atomic mass is 127. The number of hydrogen-bond donors (Lipinski definition) is 3. The van der Waals surface area contributed by atoms with Crippen LogP contribution in [0.3, 0.4) is 0 Å². The second-order valence-electron chi connectivity index (χ2n) is 7.45. The van der Waals surface area contributed by atoms with Gasteiger partial charge >= 0.3 is 0 Å². The number of guanidine groups is 1. The van der Waals surface area contributed by atoms with E-state index in [1.807, 2.05) is 20.8 Å². The molecule has 0 radical (unpaired) electrons. The Hall–Kier alpha value is -0.570. The van der Waals surface area contributed by atoms with E-state index >= 15 is 0 Å². The van der Waals surface area contributed by atoms with Crippen LogP contribution in [-0.2, 0) is 9.53 Å². The number of aliphatic imine (C=N–C) groups is 1. The molecular weight excluding hydrogens is 419 g/mol. The molecule has 0 bridgehead atoms. The van der Waals surface area contributed by atoms with Crippen molar-refractivity contribution in [1.82, 2.24) is 16.0 Å². The van der Waals surface area contributed by atoms with Gasteiger partial charge < -0.3 is 20.7 Å². The summed E-state index contributed by atoms with van der Waals surface area (Å²) in [4.78, 5) is 16.0. The van der Waals surface area contributed by atoms with Gasteiger partial charge in [-0.2, -0.15) is 0 Å². The standard InChI is InChI=1S/C17H34N4O2.HI/c1-16(2,3)14(22)19-10-11-20-15(18-4)21-13-17(7-6-8-17)9-12-23-5;/h6-13H2,1-5H3,(H,19,22)(H2,18,20,21);1H. The second-order valence-corrected chi connectivity index (χ2v) is 7.45. The molecule has 0 aromatic carbocycles. The van der Waals surface area contributed by atoms with Gasteiger partial charge in [0, 0.05) is 45.8 Å². The van der Waals surface area contributed by atoms with Gasteiger partial charge in [0.15, 0.2) is 5.96 Å². The average Bonchev–Trinajstić information content (AvgIpc) is 2.46. The summed E-state index contributed by atoms with van der Waals surface area (Å²) in [7, 11) is 3.53. The van der Waals surface area contributed by atoms with Crippen LogP contribution in [0, 0.1) is 10.8 Å². The summed E-state index contributed by atoms with van der Waals surface area (Å²) >= 11 is 0. The Balaban J connectivity index is 0.00000529. The smallest absolute Gasteiger partial charge is 0.225 e. The van der Waals surface area contributed by atoms with Gasteiger partial charge in [0.1, 0.15) is 0 Å². The van der Waals surface area contributed by atoms with Crippen molar-refractivity contribution < 1.29 is 9.53 Å². The molecule has 24 heavy (non-hydrogen) atoms. The lowest BCUT2D eigenvalue weighted by atomic mass is 9.67. The fraction of sp³-hybridized carbons (Fsp3) is 0.882. The molecule has 1 aliphatic carbocycles. The highest BCUT2D eigenvalue weighted by Crippen LogP contribution is 2.43. The highest BCUT2D eigenvalue weighted by Gasteiger charge is 2.36. The van der Waals surface area contributed by atoms with Crippen molar-refractivity contribution in [2.75, 3.05) is 40.4 Å². The highest BCUT2D eigenvalue weighted by molar-refractivity contribution is 14.0. The van der Waals surface area contributed by atoms with E-state index in [0.717, 1.165) is 25.5 Å². The van der Waals surface area contributed by atoms with E-state index < -0.39 is 0 Å². The van der Waals surface area contributed by atoms with Gasteiger partial charge in [0.2, 0.25) is 5.91 Å². The van der Waals surface area contributed by atoms with Crippen molar-refractivity contribution >= 4 is 35.8 Å². The molecule has 0 saturated heterocycles. The fourth-order valence-electron chi connectivity index (χ4n) is 2.62. The monoisotopic (exact) mass is 454 g/mol. The van der Waals surface area contributed by atoms with Gasteiger partial charge in [-0.15, -0.1) is 24.0 Å². The molecule has 1 fully saturated rings. The number of hydrogen-bond acceptors (Lipinski definition) is 3. The molecule has 6 nitrogen and oxygen atoms in total. The van der Waals surface area contributed by atoms with Crippen LogP contribution in [0.2, 0.25) is 0 Å². The van der Waals surface area contributed by atoms with Crippen LogP contribution in [0.4, 0.5) is 0 Å². The minimum absolute atomic E-state index is 0. The Bertz CT molecular complexity index is 404. The lowest BCUT2D eigenvalue weighted by Crippen LogP contribution is -2.48. The molecule has 7 heteroatoms. The molecule has 0 aromatic heterocycles. The zero-order valence-corrected chi connectivity index (χ0v) is 18.2. The van der Waals surface area contributed by atoms with Gasteiger partial charge in [-0.3, -0.25) is 9.79 Å². The minimum Gasteiger partial charge on any atom is -0.385 e. The van der Waals surface area contributed by atoms with Crippen LogP contribution < -0.4 is 16.0 Å². The lowest BCUT2D eigenvalue weighted by Gasteiger charge is -2.42. The SMILES string of the molecule is CN=C(NCCNC(=O)C(C)(C)C)NCC1(CCOC)CCC1.I. The predicted octanol–water partition coefficient (Wildman–Crippen LogP) is 2.14. The lowest BCUT2D eigenvalue weighted by molar-refractivity contribution is -0.128. The molecule has 0 aliphatic heterocycles. The van der Waals surface area contributed by atoms with Crippen LogP contribution >= 0.6 is 24.0 Å². The summed E-state index contributed by atoms with van der Waals surface area (Å²) in [6.07, 6.45) is 4.90. The number of nitrogens with one attached hydrogen (secondary N) is 3. The van der Waals surface area contributed by atoms with Crippen LogP contribution in [0.5, 0.6) is 0 Å². The third-order valence-corrected chi connectivity index (χ3v) is 4.49. The number of halogens is 1. The summed E-state index contributed by atoms with van der Waals surface area (Å²) in [5.41, 5.74) is 0.00591. The number of nitrogens with zero attached hydrogens (tertiary/aromatic N) is 1. The molecule has 1 rings (SSSR count). The van der Waals surface area contributed by atoms with Crippen molar-refractivity contribution in [3.8, 4) is 0 Å². The van der Waals surface area contributed by atoms with Gasteiger partial charge in [0.25, 0.3) is 0 Å². The molecule has 1 amide bonds. The minimum atomic E-state index is -0.349. The quantitative estimate of drug-likeness (QED) is 0.228. The Morgan fingerprint density at radius 1 is 1.17 bits per heavy atom. The van der Waals surface area contributed by atoms with Crippen molar-refractivity contribution in [3.05, 3.63) is 0 Å². The topological polar surface area (TPSA) is 74.8 Å². The maximum atomic E-state index is 11.8. The maximum Gasteiger partial charge on any atom is 0.225 e. The number of ether oxygens (including phenoxy) is 1. The van der Waals surface area contributed by atoms with Crippen molar-refractivity contribution in [3.63, 3.8) is 0 Å². The van der Waals surface area contributed by atoms with Crippen LogP contribution in [0.15, 0.2) is 4.99 Å². The molecule has 0 heterocycles. The molecule has 1 saturated carbocycles. The maximum absolute atomic E-state index is 11.8. The van der Waals surface area contributed by atoms with E-state index in [1.54, 1.807) is 14.2 Å². The Morgan fingerprint density at radius 2 is 1.79 bits per heavy atom. The molecule has 1 aliphatic rings. The third-order valence-electron chi connectivity index (χ3n) is 4.49. The Labute approximate surface area is 164 Å². The summed E-state index contributed by atoms with van der Waals surface area (Å²) in [6, 6.07) is 0. The summed E-state index contributed by atoms with van der Waals surface area (Å²) < 4.78 is 5.22. The zero-order valence-electron chi connectivity index (χ0n) is 15.8. The number of carbonyl (C=O) groups excluding carboxylic acids is 1. The number of rotatable bonds is 8. The summed E-state index contributed by atoms with van der Waals surface area (Å²) in [5.74, 6) is 0.855. The predicted molar refractivity (Wildman–Crippen MR) is 110 cm³/mol. The molecule has 142 valence electrons. The van der Waals surface area contributed by atoms with E-state index in [4.69, 9.17) is 4.74 Å². The normalized spacial score (nSPS) is 16.6. The molecule has 0 aromatic rings. The van der Waals surface area contributed by atoms with E-state index in [2.05, 4.69) is 20.9 Å². The summed E-state index contributed by atoms with van der Waals surface area (Å²) in [6.45, 7) is 8.71. The summed E-state index contributed by atoms with van der Waals surface area (Å²) in [5, 5.41) is 9.58. The first-order valence-electron chi connectivity index (χ1n) is 8.55. The fourth-order valence-corrected chi connectivity index (χ4v) is 2.62. The zero-order chi connectivity index (χ0) is 17.3. The number of carbonyl (C=O) groups is 1.